The van der Waals surface area contributed by atoms with Gasteiger partial charge in [-0.1, -0.05) is 0 Å². The molecule has 0 bridgehead atoms. The molecule has 0 aromatic carbocycles. The predicted molar refractivity (Wildman–Crippen MR) is 102 cm³/mol. The maximum Gasteiger partial charge on any atom is 0.322 e. The van der Waals surface area contributed by atoms with Gasteiger partial charge in [-0.25, -0.2) is 0 Å². The molecule has 0 aliphatic heterocycles. The lowest BCUT2D eigenvalue weighted by Gasteiger charge is -2.22. The Morgan fingerprint density at radius 2 is 1.67 bits per heavy atom. The van der Waals surface area contributed by atoms with Gasteiger partial charge in [0.05, 0.1) is 6.04 Å². The summed E-state index contributed by atoms with van der Waals surface area (Å²) in [7, 11) is 0. The van der Waals surface area contributed by atoms with Crippen LogP contribution in [-0.2, 0) is 19.2 Å². The number of carbonyl (C=O) groups is 4. The number of carboxylic acid groups (broad SMARTS) is 1. The van der Waals surface area contributed by atoms with Gasteiger partial charge < -0.3 is 38.3 Å². The third kappa shape index (κ3) is 10.9. The molecular weight excluding hydrogens is 378 g/mol. The van der Waals surface area contributed by atoms with E-state index in [0.29, 0.717) is 6.42 Å². The summed E-state index contributed by atoms with van der Waals surface area (Å²) in [6, 6.07) is -2.88. The molecule has 0 spiro atoms. The van der Waals surface area contributed by atoms with Crippen LogP contribution in [0.25, 0.3) is 0 Å². The van der Waals surface area contributed by atoms with Gasteiger partial charge in [-0.2, -0.15) is 12.6 Å². The zero-order valence-electron chi connectivity index (χ0n) is 15.0. The highest BCUT2D eigenvalue weighted by molar-refractivity contribution is 7.80. The van der Waals surface area contributed by atoms with Crippen LogP contribution in [0.3, 0.4) is 0 Å². The first kappa shape index (κ1) is 24.5. The monoisotopic (exact) mass is 405 g/mol. The van der Waals surface area contributed by atoms with Crippen molar-refractivity contribution in [1.29, 1.82) is 0 Å². The zero-order valence-corrected chi connectivity index (χ0v) is 15.9. The molecule has 3 atom stereocenters. The van der Waals surface area contributed by atoms with Crippen LogP contribution in [-0.4, -0.2) is 71.7 Å². The molecule has 12 nitrogen and oxygen atoms in total. The molecule has 0 heterocycles. The highest BCUT2D eigenvalue weighted by Gasteiger charge is 2.26. The summed E-state index contributed by atoms with van der Waals surface area (Å²) in [6.45, 7) is 1.07. The van der Waals surface area contributed by atoms with Crippen molar-refractivity contribution in [1.82, 2.24) is 16.0 Å². The van der Waals surface area contributed by atoms with E-state index in [1.807, 2.05) is 0 Å². The number of thiol groups is 1. The molecule has 0 saturated heterocycles. The molecule has 13 heteroatoms. The van der Waals surface area contributed by atoms with Crippen LogP contribution in [0.1, 0.15) is 19.8 Å². The maximum atomic E-state index is 12.3. The van der Waals surface area contributed by atoms with E-state index in [1.165, 1.54) is 6.92 Å². The standard InChI is InChI=1S/C14H27N7O5S/c1-7(15)11(24)21-9(6-27)13(26)20-8(3-2-4-18-14(16)17)12(25)19-5-10(22)23/h7-9,27H,2-6,15H2,1H3,(H,19,25)(H,20,26)(H,21,24)(H,22,23)(H4,16,17,18). The van der Waals surface area contributed by atoms with Crippen molar-refractivity contribution >= 4 is 42.3 Å². The first-order valence-corrected chi connectivity index (χ1v) is 8.73. The molecule has 0 aliphatic rings. The Bertz CT molecular complexity index is 566. The Balaban J connectivity index is 4.97. The highest BCUT2D eigenvalue weighted by atomic mass is 32.1. The molecule has 0 saturated carbocycles. The summed E-state index contributed by atoms with van der Waals surface area (Å²) >= 11 is 4.01. The molecule has 0 aromatic rings. The van der Waals surface area contributed by atoms with Crippen molar-refractivity contribution < 1.29 is 24.3 Å². The minimum absolute atomic E-state index is 0.0260. The second-order valence-corrected chi connectivity index (χ2v) is 6.02. The SMILES string of the molecule is CC(N)C(=O)NC(CS)C(=O)NC(CCCN=C(N)N)C(=O)NCC(=O)O. The summed E-state index contributed by atoms with van der Waals surface area (Å²) in [6.07, 6.45) is 0.496. The van der Waals surface area contributed by atoms with E-state index in [1.54, 1.807) is 0 Å². The molecule has 0 radical (unpaired) electrons. The lowest BCUT2D eigenvalue weighted by atomic mass is 10.1. The molecule has 154 valence electrons. The van der Waals surface area contributed by atoms with Gasteiger partial charge in [-0.15, -0.1) is 0 Å². The lowest BCUT2D eigenvalue weighted by molar-refractivity contribution is -0.138. The van der Waals surface area contributed by atoms with E-state index in [0.717, 1.165) is 0 Å². The van der Waals surface area contributed by atoms with E-state index in [9.17, 15) is 19.2 Å². The van der Waals surface area contributed by atoms with Crippen molar-refractivity contribution in [2.24, 2.45) is 22.2 Å². The van der Waals surface area contributed by atoms with Gasteiger partial charge in [0.15, 0.2) is 5.96 Å². The molecule has 3 amide bonds. The van der Waals surface area contributed by atoms with E-state index >= 15 is 0 Å². The summed E-state index contributed by atoms with van der Waals surface area (Å²) in [5.41, 5.74) is 15.9. The molecular formula is C14H27N7O5S. The molecule has 10 N–H and O–H groups in total. The number of aliphatic carboxylic acids is 1. The number of carboxylic acids is 1. The number of hydrogen-bond acceptors (Lipinski definition) is 7. The Kier molecular flexibility index (Phi) is 11.6. The number of guanidine groups is 1. The smallest absolute Gasteiger partial charge is 0.322 e. The van der Waals surface area contributed by atoms with Crippen molar-refractivity contribution in [2.75, 3.05) is 18.8 Å². The van der Waals surface area contributed by atoms with Crippen molar-refractivity contribution in [3.8, 4) is 0 Å². The number of hydrogen-bond donors (Lipinski definition) is 8. The van der Waals surface area contributed by atoms with Gasteiger partial charge in [-0.05, 0) is 19.8 Å². The largest absolute Gasteiger partial charge is 0.480 e. The van der Waals surface area contributed by atoms with Gasteiger partial charge in [0.25, 0.3) is 0 Å². The number of nitrogens with zero attached hydrogens (tertiary/aromatic N) is 1. The fourth-order valence-corrected chi connectivity index (χ4v) is 2.08. The third-order valence-electron chi connectivity index (χ3n) is 3.22. The average Bonchev–Trinajstić information content (AvgIpc) is 2.59. The Labute approximate surface area is 162 Å². The van der Waals surface area contributed by atoms with E-state index in [4.69, 9.17) is 22.3 Å². The van der Waals surface area contributed by atoms with Gasteiger partial charge in [-0.3, -0.25) is 24.2 Å². The van der Waals surface area contributed by atoms with Gasteiger partial charge in [0.1, 0.15) is 18.6 Å². The fraction of sp³-hybridized carbons (Fsp3) is 0.643. The lowest BCUT2D eigenvalue weighted by Crippen LogP contribution is -2.56. The average molecular weight is 405 g/mol. The molecule has 3 unspecified atom stereocenters. The van der Waals surface area contributed by atoms with Crippen LogP contribution >= 0.6 is 12.6 Å². The van der Waals surface area contributed by atoms with Crippen LogP contribution in [0.2, 0.25) is 0 Å². The van der Waals surface area contributed by atoms with Crippen molar-refractivity contribution in [3.63, 3.8) is 0 Å². The van der Waals surface area contributed by atoms with Crippen LogP contribution in [0, 0.1) is 0 Å². The predicted octanol–water partition coefficient (Wildman–Crippen LogP) is -3.51. The molecule has 0 aliphatic carbocycles. The highest BCUT2D eigenvalue weighted by Crippen LogP contribution is 2.01. The number of aliphatic imine (C=N–C) groups is 1. The van der Waals surface area contributed by atoms with Gasteiger partial charge in [0.2, 0.25) is 17.7 Å². The molecule has 27 heavy (non-hydrogen) atoms. The minimum atomic E-state index is -1.23. The quantitative estimate of drug-likeness (QED) is 0.0703. The Morgan fingerprint density at radius 1 is 1.07 bits per heavy atom. The Morgan fingerprint density at radius 3 is 2.15 bits per heavy atom. The number of carbonyl (C=O) groups excluding carboxylic acids is 3. The zero-order chi connectivity index (χ0) is 21.0. The fourth-order valence-electron chi connectivity index (χ4n) is 1.83. The Hall–Kier alpha value is -2.54. The minimum Gasteiger partial charge on any atom is -0.480 e. The van der Waals surface area contributed by atoms with Gasteiger partial charge in [0, 0.05) is 12.3 Å². The third-order valence-corrected chi connectivity index (χ3v) is 3.59. The van der Waals surface area contributed by atoms with Crippen LogP contribution < -0.4 is 33.2 Å². The summed E-state index contributed by atoms with van der Waals surface area (Å²) in [5.74, 6) is -3.26. The summed E-state index contributed by atoms with van der Waals surface area (Å²) in [4.78, 5) is 50.5. The van der Waals surface area contributed by atoms with E-state index in [2.05, 4.69) is 33.6 Å². The van der Waals surface area contributed by atoms with Crippen molar-refractivity contribution in [3.05, 3.63) is 0 Å². The van der Waals surface area contributed by atoms with Crippen LogP contribution in [0.5, 0.6) is 0 Å². The van der Waals surface area contributed by atoms with Gasteiger partial charge >= 0.3 is 5.97 Å². The summed E-state index contributed by atoms with van der Waals surface area (Å²) in [5, 5.41) is 15.7. The maximum absolute atomic E-state index is 12.3. The second-order valence-electron chi connectivity index (χ2n) is 5.65. The first-order chi connectivity index (χ1) is 12.6. The number of nitrogens with two attached hydrogens (primary N) is 3. The van der Waals surface area contributed by atoms with E-state index < -0.39 is 48.4 Å². The van der Waals surface area contributed by atoms with Crippen molar-refractivity contribution in [2.45, 2.75) is 37.9 Å². The number of rotatable bonds is 12. The van der Waals surface area contributed by atoms with E-state index in [-0.39, 0.29) is 24.7 Å². The first-order valence-electron chi connectivity index (χ1n) is 8.10. The number of nitrogens with one attached hydrogen (secondary N) is 3. The topological polar surface area (TPSA) is 215 Å². The van der Waals surface area contributed by atoms with Crippen LogP contribution in [0.15, 0.2) is 4.99 Å². The molecule has 0 aromatic heterocycles. The number of amides is 3. The second kappa shape index (κ2) is 12.8. The van der Waals surface area contributed by atoms with Crippen LogP contribution in [0.4, 0.5) is 0 Å². The summed E-state index contributed by atoms with van der Waals surface area (Å²) < 4.78 is 0. The molecule has 0 fully saturated rings. The normalized spacial score (nSPS) is 13.6. The molecule has 0 rings (SSSR count).